The minimum Gasteiger partial charge on any atom is -0.332 e. The molecule has 1 aromatic heterocycles. The van der Waals surface area contributed by atoms with Crippen LogP contribution in [0, 0.1) is 0 Å². The van der Waals surface area contributed by atoms with Gasteiger partial charge < -0.3 is 4.57 Å². The summed E-state index contributed by atoms with van der Waals surface area (Å²) >= 11 is 0. The van der Waals surface area contributed by atoms with Crippen molar-refractivity contribution in [3.05, 3.63) is 24.8 Å². The van der Waals surface area contributed by atoms with Gasteiger partial charge in [-0.1, -0.05) is 13.5 Å². The zero-order chi connectivity index (χ0) is 13.3. The molecule has 1 heterocycles. The molecule has 98 valence electrons. The molecule has 1 rings (SSSR count). The average Bonchev–Trinajstić information content (AvgIpc) is 2.73. The van der Waals surface area contributed by atoms with Crippen molar-refractivity contribution in [1.29, 1.82) is 0 Å². The van der Waals surface area contributed by atoms with Crippen LogP contribution in [0.1, 0.15) is 26.1 Å². The van der Waals surface area contributed by atoms with E-state index in [1.165, 1.54) is 0 Å². The molecule has 0 aliphatic carbocycles. The molecule has 7 heteroatoms. The molecule has 0 saturated heterocycles. The Morgan fingerprint density at radius 2 is 2.24 bits per heavy atom. The van der Waals surface area contributed by atoms with E-state index in [4.69, 9.17) is 4.55 Å². The number of aromatic nitrogens is 2. The number of hydrogen-bond donors (Lipinski definition) is 1. The average molecular weight is 262 g/mol. The van der Waals surface area contributed by atoms with Crippen molar-refractivity contribution in [1.82, 2.24) is 9.55 Å². The SMILES string of the molecule is C=Cc1nccn1CC.CCCOS(=O)(=O)O. The van der Waals surface area contributed by atoms with Crippen LogP contribution in [-0.2, 0) is 21.1 Å². The molecule has 0 bridgehead atoms. The third kappa shape index (κ3) is 7.67. The monoisotopic (exact) mass is 262 g/mol. The number of nitrogens with zero attached hydrogens (tertiary/aromatic N) is 2. The topological polar surface area (TPSA) is 81.4 Å². The van der Waals surface area contributed by atoms with Crippen LogP contribution in [0.25, 0.3) is 6.08 Å². The number of rotatable bonds is 5. The Labute approximate surface area is 102 Å². The van der Waals surface area contributed by atoms with Crippen LogP contribution in [0.4, 0.5) is 0 Å². The summed E-state index contributed by atoms with van der Waals surface area (Å²) < 4.78 is 33.3. The Bertz CT molecular complexity index is 425. The van der Waals surface area contributed by atoms with Gasteiger partial charge in [0.25, 0.3) is 0 Å². The Hall–Kier alpha value is -1.18. The van der Waals surface area contributed by atoms with E-state index in [1.807, 2.05) is 10.8 Å². The largest absolute Gasteiger partial charge is 0.397 e. The Balaban J connectivity index is 0.000000304. The molecule has 17 heavy (non-hydrogen) atoms. The van der Waals surface area contributed by atoms with Crippen molar-refractivity contribution in [3.8, 4) is 0 Å². The maximum absolute atomic E-state index is 9.72. The summed E-state index contributed by atoms with van der Waals surface area (Å²) in [7, 11) is -4.19. The molecule has 0 unspecified atom stereocenters. The van der Waals surface area contributed by atoms with Crippen LogP contribution in [0.15, 0.2) is 19.0 Å². The molecular formula is C10H18N2O4S. The third-order valence-electron chi connectivity index (χ3n) is 1.71. The molecular weight excluding hydrogens is 244 g/mol. The first-order valence-electron chi connectivity index (χ1n) is 5.20. The van der Waals surface area contributed by atoms with Crippen LogP contribution >= 0.6 is 0 Å². The quantitative estimate of drug-likeness (QED) is 0.818. The zero-order valence-corrected chi connectivity index (χ0v) is 10.9. The maximum Gasteiger partial charge on any atom is 0.397 e. The van der Waals surface area contributed by atoms with E-state index >= 15 is 0 Å². The first-order chi connectivity index (χ1) is 7.94. The van der Waals surface area contributed by atoms with Gasteiger partial charge in [-0.25, -0.2) is 9.17 Å². The molecule has 0 atom stereocenters. The Kier molecular flexibility index (Phi) is 7.44. The van der Waals surface area contributed by atoms with Gasteiger partial charge in [0.15, 0.2) is 0 Å². The Morgan fingerprint density at radius 3 is 2.53 bits per heavy atom. The van der Waals surface area contributed by atoms with Crippen LogP contribution in [0.5, 0.6) is 0 Å². The predicted octanol–water partition coefficient (Wildman–Crippen LogP) is 1.76. The third-order valence-corrected chi connectivity index (χ3v) is 2.17. The lowest BCUT2D eigenvalue weighted by atomic mass is 10.5. The fourth-order valence-corrected chi connectivity index (χ4v) is 1.34. The van der Waals surface area contributed by atoms with Gasteiger partial charge in [-0.15, -0.1) is 0 Å². The highest BCUT2D eigenvalue weighted by Crippen LogP contribution is 1.96. The van der Waals surface area contributed by atoms with Crippen molar-refractivity contribution in [2.45, 2.75) is 26.8 Å². The lowest BCUT2D eigenvalue weighted by Gasteiger charge is -1.96. The second kappa shape index (κ2) is 7.99. The summed E-state index contributed by atoms with van der Waals surface area (Å²) in [5, 5.41) is 0. The standard InChI is InChI=1S/C7H10N2.C3H8O4S/c1-3-7-8-5-6-9(7)4-2;1-2-3-7-8(4,5)6/h3,5-6H,1,4H2,2H3;2-3H2,1H3,(H,4,5,6). The second-order valence-electron chi connectivity index (χ2n) is 3.03. The van der Waals surface area contributed by atoms with Crippen molar-refractivity contribution in [2.24, 2.45) is 0 Å². The minimum absolute atomic E-state index is 0.0405. The van der Waals surface area contributed by atoms with Gasteiger partial charge >= 0.3 is 10.4 Å². The first kappa shape index (κ1) is 15.8. The van der Waals surface area contributed by atoms with Crippen LogP contribution in [-0.4, -0.2) is 29.1 Å². The summed E-state index contributed by atoms with van der Waals surface area (Å²) in [6.45, 7) is 8.45. The summed E-state index contributed by atoms with van der Waals surface area (Å²) in [5.74, 6) is 0.942. The second-order valence-corrected chi connectivity index (χ2v) is 4.12. The molecule has 6 nitrogen and oxygen atoms in total. The maximum atomic E-state index is 9.72. The number of aryl methyl sites for hydroxylation is 1. The van der Waals surface area contributed by atoms with Crippen molar-refractivity contribution in [2.75, 3.05) is 6.61 Å². The van der Waals surface area contributed by atoms with Crippen molar-refractivity contribution >= 4 is 16.5 Å². The van der Waals surface area contributed by atoms with Crippen LogP contribution < -0.4 is 0 Å². The number of imidazole rings is 1. The van der Waals surface area contributed by atoms with Gasteiger partial charge in [0.2, 0.25) is 0 Å². The predicted molar refractivity (Wildman–Crippen MR) is 65.8 cm³/mol. The highest BCUT2D eigenvalue weighted by atomic mass is 32.3. The molecule has 1 N–H and O–H groups in total. The first-order valence-corrected chi connectivity index (χ1v) is 6.56. The van der Waals surface area contributed by atoms with Gasteiger partial charge in [-0.05, 0) is 19.4 Å². The van der Waals surface area contributed by atoms with E-state index in [1.54, 1.807) is 19.2 Å². The van der Waals surface area contributed by atoms with Gasteiger partial charge in [0.05, 0.1) is 6.61 Å². The van der Waals surface area contributed by atoms with E-state index in [9.17, 15) is 8.42 Å². The lowest BCUT2D eigenvalue weighted by molar-refractivity contribution is 0.269. The van der Waals surface area contributed by atoms with Crippen molar-refractivity contribution in [3.63, 3.8) is 0 Å². The van der Waals surface area contributed by atoms with E-state index in [2.05, 4.69) is 22.7 Å². The van der Waals surface area contributed by atoms with Gasteiger partial charge in [-0.2, -0.15) is 8.42 Å². The van der Waals surface area contributed by atoms with Gasteiger partial charge in [-0.3, -0.25) is 4.55 Å². The molecule has 0 aliphatic rings. The molecule has 1 aromatic rings. The van der Waals surface area contributed by atoms with E-state index in [-0.39, 0.29) is 6.61 Å². The minimum atomic E-state index is -4.19. The van der Waals surface area contributed by atoms with Crippen LogP contribution in [0.3, 0.4) is 0 Å². The molecule has 0 saturated carbocycles. The molecule has 0 spiro atoms. The smallest absolute Gasteiger partial charge is 0.332 e. The molecule has 0 aromatic carbocycles. The Morgan fingerprint density at radius 1 is 1.59 bits per heavy atom. The van der Waals surface area contributed by atoms with Gasteiger partial charge in [0, 0.05) is 18.9 Å². The fourth-order valence-electron chi connectivity index (χ4n) is 0.967. The summed E-state index contributed by atoms with van der Waals surface area (Å²) in [4.78, 5) is 4.05. The van der Waals surface area contributed by atoms with Crippen molar-refractivity contribution < 1.29 is 17.2 Å². The van der Waals surface area contributed by atoms with Gasteiger partial charge in [0.1, 0.15) is 5.82 Å². The van der Waals surface area contributed by atoms with E-state index in [0.717, 1.165) is 12.4 Å². The molecule has 0 fully saturated rings. The fraction of sp³-hybridized carbons (Fsp3) is 0.500. The highest BCUT2D eigenvalue weighted by Gasteiger charge is 2.00. The molecule has 0 amide bonds. The van der Waals surface area contributed by atoms with E-state index < -0.39 is 10.4 Å². The summed E-state index contributed by atoms with van der Waals surface area (Å²) in [6.07, 6.45) is 6.04. The highest BCUT2D eigenvalue weighted by molar-refractivity contribution is 7.80. The number of hydrogen-bond acceptors (Lipinski definition) is 4. The summed E-state index contributed by atoms with van der Waals surface area (Å²) in [6, 6.07) is 0. The zero-order valence-electron chi connectivity index (χ0n) is 10.0. The lowest BCUT2D eigenvalue weighted by Crippen LogP contribution is -2.03. The summed E-state index contributed by atoms with van der Waals surface area (Å²) in [5.41, 5.74) is 0. The molecule has 0 aliphatic heterocycles. The molecule has 0 radical (unpaired) electrons. The van der Waals surface area contributed by atoms with E-state index in [0.29, 0.717) is 6.42 Å². The normalized spacial score (nSPS) is 10.5. The van der Waals surface area contributed by atoms with Crippen LogP contribution in [0.2, 0.25) is 0 Å².